The Balaban J connectivity index is 2.62. The molecule has 21 heavy (non-hydrogen) atoms. The average Bonchev–Trinajstić information content (AvgIpc) is 2.44. The van der Waals surface area contributed by atoms with E-state index in [4.69, 9.17) is 23.8 Å². The molecule has 0 aliphatic rings. The van der Waals surface area contributed by atoms with Crippen molar-refractivity contribution in [2.75, 3.05) is 13.1 Å². The third kappa shape index (κ3) is 5.65. The standard InChI is InChI=1S/C13H16ClN3O3S/c1-2-6-15-13(21)16-7-5-12(18)10-8-9(14)3-4-11(10)17(19)20/h3-4,8H,2,5-7H2,1H3,(H2,15,16,21). The van der Waals surface area contributed by atoms with Crippen LogP contribution in [0.15, 0.2) is 18.2 Å². The van der Waals surface area contributed by atoms with Gasteiger partial charge < -0.3 is 10.6 Å². The minimum atomic E-state index is -0.593. The number of hydrogen-bond acceptors (Lipinski definition) is 4. The molecule has 0 spiro atoms. The number of Topliss-reactive ketones (excluding diaryl/α,β-unsaturated/α-hetero) is 1. The number of rotatable bonds is 7. The van der Waals surface area contributed by atoms with E-state index < -0.39 is 4.92 Å². The van der Waals surface area contributed by atoms with Gasteiger partial charge in [0.1, 0.15) is 0 Å². The van der Waals surface area contributed by atoms with Crippen LogP contribution in [-0.2, 0) is 0 Å². The second kappa shape index (κ2) is 8.53. The molecule has 0 heterocycles. The van der Waals surface area contributed by atoms with Gasteiger partial charge in [0, 0.05) is 30.6 Å². The zero-order chi connectivity index (χ0) is 15.8. The fraction of sp³-hybridized carbons (Fsp3) is 0.385. The van der Waals surface area contributed by atoms with Gasteiger partial charge in [-0.3, -0.25) is 14.9 Å². The number of nitrogens with zero attached hydrogens (tertiary/aromatic N) is 1. The summed E-state index contributed by atoms with van der Waals surface area (Å²) in [6.07, 6.45) is 1.03. The van der Waals surface area contributed by atoms with E-state index >= 15 is 0 Å². The molecule has 0 aliphatic carbocycles. The van der Waals surface area contributed by atoms with Crippen molar-refractivity contribution in [2.45, 2.75) is 19.8 Å². The summed E-state index contributed by atoms with van der Waals surface area (Å²) in [7, 11) is 0. The third-order valence-electron chi connectivity index (χ3n) is 2.63. The molecule has 0 unspecified atom stereocenters. The minimum absolute atomic E-state index is 0.0155. The van der Waals surface area contributed by atoms with Crippen LogP contribution in [0.25, 0.3) is 0 Å². The van der Waals surface area contributed by atoms with Gasteiger partial charge in [-0.2, -0.15) is 0 Å². The SMILES string of the molecule is CCCNC(=S)NCCC(=O)c1cc(Cl)ccc1[N+](=O)[O-]. The first-order valence-corrected chi connectivity index (χ1v) is 7.23. The van der Waals surface area contributed by atoms with Crippen LogP contribution >= 0.6 is 23.8 Å². The van der Waals surface area contributed by atoms with E-state index in [1.165, 1.54) is 18.2 Å². The lowest BCUT2D eigenvalue weighted by Crippen LogP contribution is -2.36. The molecule has 0 atom stereocenters. The first-order valence-electron chi connectivity index (χ1n) is 6.44. The van der Waals surface area contributed by atoms with Gasteiger partial charge in [-0.1, -0.05) is 18.5 Å². The van der Waals surface area contributed by atoms with Crippen LogP contribution in [0.5, 0.6) is 0 Å². The maximum absolute atomic E-state index is 12.1. The van der Waals surface area contributed by atoms with Crippen LogP contribution < -0.4 is 10.6 Å². The fourth-order valence-electron chi connectivity index (χ4n) is 1.62. The highest BCUT2D eigenvalue weighted by molar-refractivity contribution is 7.80. The largest absolute Gasteiger partial charge is 0.363 e. The molecule has 114 valence electrons. The van der Waals surface area contributed by atoms with E-state index in [-0.39, 0.29) is 28.5 Å². The normalized spacial score (nSPS) is 10.0. The molecule has 0 saturated heterocycles. The quantitative estimate of drug-likeness (QED) is 0.346. The summed E-state index contributed by atoms with van der Waals surface area (Å²) in [6.45, 7) is 3.06. The predicted octanol–water partition coefficient (Wildman–Crippen LogP) is 2.70. The summed E-state index contributed by atoms with van der Waals surface area (Å²) in [6, 6.07) is 3.94. The molecule has 1 rings (SSSR count). The molecular formula is C13H16ClN3O3S. The topological polar surface area (TPSA) is 84.3 Å². The van der Waals surface area contributed by atoms with E-state index in [0.717, 1.165) is 13.0 Å². The van der Waals surface area contributed by atoms with E-state index in [1.54, 1.807) is 0 Å². The first-order chi connectivity index (χ1) is 9.95. The molecule has 1 aromatic rings. The van der Waals surface area contributed by atoms with Crippen LogP contribution in [0, 0.1) is 10.1 Å². The summed E-state index contributed by atoms with van der Waals surface area (Å²) >= 11 is 10.8. The van der Waals surface area contributed by atoms with Gasteiger partial charge in [0.05, 0.1) is 10.5 Å². The maximum Gasteiger partial charge on any atom is 0.280 e. The number of carbonyl (C=O) groups excluding carboxylic acids is 1. The van der Waals surface area contributed by atoms with Crippen LogP contribution in [0.1, 0.15) is 30.1 Å². The Hall–Kier alpha value is -1.73. The highest BCUT2D eigenvalue weighted by Crippen LogP contribution is 2.23. The van der Waals surface area contributed by atoms with Crippen molar-refractivity contribution in [3.63, 3.8) is 0 Å². The van der Waals surface area contributed by atoms with Gasteiger partial charge in [0.25, 0.3) is 5.69 Å². The molecule has 0 saturated carbocycles. The Morgan fingerprint density at radius 1 is 1.38 bits per heavy atom. The lowest BCUT2D eigenvalue weighted by molar-refractivity contribution is -0.385. The van der Waals surface area contributed by atoms with Crippen molar-refractivity contribution < 1.29 is 9.72 Å². The van der Waals surface area contributed by atoms with E-state index in [1.807, 2.05) is 6.92 Å². The smallest absolute Gasteiger partial charge is 0.280 e. The molecule has 6 nitrogen and oxygen atoms in total. The second-order valence-corrected chi connectivity index (χ2v) is 5.12. The lowest BCUT2D eigenvalue weighted by atomic mass is 10.1. The predicted molar refractivity (Wildman–Crippen MR) is 85.9 cm³/mol. The van der Waals surface area contributed by atoms with Crippen molar-refractivity contribution in [2.24, 2.45) is 0 Å². The Morgan fingerprint density at radius 2 is 2.05 bits per heavy atom. The van der Waals surface area contributed by atoms with Gasteiger partial charge in [-0.05, 0) is 30.8 Å². The lowest BCUT2D eigenvalue weighted by Gasteiger charge is -2.09. The van der Waals surface area contributed by atoms with Crippen LogP contribution in [-0.4, -0.2) is 28.9 Å². The number of carbonyl (C=O) groups is 1. The Bertz CT molecular complexity index is 551. The number of ketones is 1. The summed E-state index contributed by atoms with van der Waals surface area (Å²) in [5, 5.41) is 17.5. The number of nitrogens with one attached hydrogen (secondary N) is 2. The van der Waals surface area contributed by atoms with Gasteiger partial charge in [-0.25, -0.2) is 0 Å². The van der Waals surface area contributed by atoms with Gasteiger partial charge in [-0.15, -0.1) is 0 Å². The van der Waals surface area contributed by atoms with Gasteiger partial charge in [0.15, 0.2) is 10.9 Å². The second-order valence-electron chi connectivity index (χ2n) is 4.27. The molecule has 0 fully saturated rings. The van der Waals surface area contributed by atoms with E-state index in [9.17, 15) is 14.9 Å². The molecule has 1 aromatic carbocycles. The minimum Gasteiger partial charge on any atom is -0.363 e. The first kappa shape index (κ1) is 17.3. The molecule has 0 aliphatic heterocycles. The third-order valence-corrected chi connectivity index (χ3v) is 3.15. The van der Waals surface area contributed by atoms with Crippen molar-refractivity contribution in [1.29, 1.82) is 0 Å². The molecule has 0 amide bonds. The highest BCUT2D eigenvalue weighted by Gasteiger charge is 2.20. The van der Waals surface area contributed by atoms with Crippen molar-refractivity contribution in [3.8, 4) is 0 Å². The van der Waals surface area contributed by atoms with E-state index in [0.29, 0.717) is 11.7 Å². The molecular weight excluding hydrogens is 314 g/mol. The molecule has 2 N–H and O–H groups in total. The van der Waals surface area contributed by atoms with Crippen LogP contribution in [0.4, 0.5) is 5.69 Å². The van der Waals surface area contributed by atoms with Crippen molar-refractivity contribution in [1.82, 2.24) is 10.6 Å². The zero-order valence-corrected chi connectivity index (χ0v) is 13.1. The number of hydrogen-bond donors (Lipinski definition) is 2. The summed E-state index contributed by atoms with van der Waals surface area (Å²) < 4.78 is 0. The molecule has 0 radical (unpaired) electrons. The Kier molecular flexibility index (Phi) is 7.04. The van der Waals surface area contributed by atoms with E-state index in [2.05, 4.69) is 10.6 Å². The van der Waals surface area contributed by atoms with Gasteiger partial charge in [0.2, 0.25) is 0 Å². The average molecular weight is 330 g/mol. The van der Waals surface area contributed by atoms with Crippen LogP contribution in [0.2, 0.25) is 5.02 Å². The van der Waals surface area contributed by atoms with Crippen molar-refractivity contribution >= 4 is 40.4 Å². The zero-order valence-electron chi connectivity index (χ0n) is 11.5. The van der Waals surface area contributed by atoms with Crippen LogP contribution in [0.3, 0.4) is 0 Å². The van der Waals surface area contributed by atoms with Crippen molar-refractivity contribution in [3.05, 3.63) is 38.9 Å². The summed E-state index contributed by atoms with van der Waals surface area (Å²) in [5.74, 6) is -0.352. The fourth-order valence-corrected chi connectivity index (χ4v) is 1.99. The number of thiocarbonyl (C=S) groups is 1. The molecule has 0 aromatic heterocycles. The monoisotopic (exact) mass is 329 g/mol. The highest BCUT2D eigenvalue weighted by atomic mass is 35.5. The number of nitro groups is 1. The number of halogens is 1. The summed E-state index contributed by atoms with van der Waals surface area (Å²) in [4.78, 5) is 22.4. The molecule has 8 heteroatoms. The van der Waals surface area contributed by atoms with Gasteiger partial charge >= 0.3 is 0 Å². The Morgan fingerprint density at radius 3 is 2.67 bits per heavy atom. The Labute approximate surface area is 133 Å². The number of nitro benzene ring substituents is 1. The summed E-state index contributed by atoms with van der Waals surface area (Å²) in [5.41, 5.74) is -0.224. The maximum atomic E-state index is 12.1. The molecule has 0 bridgehead atoms. The number of benzene rings is 1.